The van der Waals surface area contributed by atoms with Crippen LogP contribution in [0, 0.1) is 0 Å². The number of hydrogen-bond donors (Lipinski definition) is 3. The maximum Gasteiger partial charge on any atom is 0.410 e. The van der Waals surface area contributed by atoms with Crippen LogP contribution in [0.25, 0.3) is 39.2 Å². The number of hydrogen-bond acceptors (Lipinski definition) is 9. The SMILES string of the molecule is COc1nc(-c2cccc(-c3cccc(-c4ccn5c(=O)c(CNC[C@@H](C)O)cnc5c4)c3Cl)c2Cl)ccc1CN(C[C@@H]1CCC(=O)N1)C(=O)OC(C)(C)C. The molecule has 0 saturated carbocycles. The number of pyridine rings is 2. The van der Waals surface area contributed by atoms with Gasteiger partial charge in [0, 0.05) is 77.9 Å². The second-order valence-electron chi connectivity index (χ2n) is 14.6. The topological polar surface area (TPSA) is 147 Å². The van der Waals surface area contributed by atoms with Crippen LogP contribution >= 0.6 is 23.2 Å². The van der Waals surface area contributed by atoms with Gasteiger partial charge >= 0.3 is 6.09 Å². The third-order valence-electron chi connectivity index (χ3n) is 9.08. The molecule has 1 saturated heterocycles. The fraction of sp³-hybridized carbons (Fsp3) is 0.341. The first kappa shape index (κ1) is 39.7. The number of methoxy groups -OCH3 is 1. The van der Waals surface area contributed by atoms with E-state index in [2.05, 4.69) is 15.6 Å². The van der Waals surface area contributed by atoms with E-state index >= 15 is 0 Å². The van der Waals surface area contributed by atoms with Crippen LogP contribution in [0.3, 0.4) is 0 Å². The second kappa shape index (κ2) is 16.8. The van der Waals surface area contributed by atoms with Gasteiger partial charge in [0.15, 0.2) is 0 Å². The molecule has 0 unspecified atom stereocenters. The zero-order valence-corrected chi connectivity index (χ0v) is 32.9. The van der Waals surface area contributed by atoms with Crippen molar-refractivity contribution in [2.75, 3.05) is 20.2 Å². The van der Waals surface area contributed by atoms with Gasteiger partial charge in [-0.3, -0.25) is 14.0 Å². The van der Waals surface area contributed by atoms with Gasteiger partial charge in [0.25, 0.3) is 5.56 Å². The average Bonchev–Trinajstić information content (AvgIpc) is 3.56. The third kappa shape index (κ3) is 9.28. The lowest BCUT2D eigenvalue weighted by molar-refractivity contribution is -0.119. The van der Waals surface area contributed by atoms with Crippen LogP contribution in [-0.4, -0.2) is 74.3 Å². The smallest absolute Gasteiger partial charge is 0.410 e. The highest BCUT2D eigenvalue weighted by molar-refractivity contribution is 6.39. The van der Waals surface area contributed by atoms with Gasteiger partial charge in [-0.1, -0.05) is 59.6 Å². The molecular formula is C41H44Cl2N6O6. The van der Waals surface area contributed by atoms with Crippen LogP contribution in [0.4, 0.5) is 4.79 Å². The lowest BCUT2D eigenvalue weighted by Gasteiger charge is -2.29. The van der Waals surface area contributed by atoms with E-state index in [9.17, 15) is 19.5 Å². The van der Waals surface area contributed by atoms with E-state index in [1.165, 1.54) is 11.5 Å². The Balaban J connectivity index is 1.28. The maximum absolute atomic E-state index is 13.3. The largest absolute Gasteiger partial charge is 0.481 e. The number of nitrogens with one attached hydrogen (secondary N) is 2. The summed E-state index contributed by atoms with van der Waals surface area (Å²) >= 11 is 14.2. The monoisotopic (exact) mass is 786 g/mol. The van der Waals surface area contributed by atoms with Gasteiger partial charge in [0.05, 0.1) is 35.5 Å². The highest BCUT2D eigenvalue weighted by Gasteiger charge is 2.29. The fourth-order valence-corrected chi connectivity index (χ4v) is 7.11. The van der Waals surface area contributed by atoms with Crippen molar-refractivity contribution in [3.63, 3.8) is 0 Å². The van der Waals surface area contributed by atoms with Gasteiger partial charge in [0.2, 0.25) is 11.8 Å². The van der Waals surface area contributed by atoms with Gasteiger partial charge in [-0.05, 0) is 63.9 Å². The molecule has 0 spiro atoms. The van der Waals surface area contributed by atoms with Crippen molar-refractivity contribution in [2.24, 2.45) is 0 Å². The normalized spacial score (nSPS) is 14.8. The van der Waals surface area contributed by atoms with E-state index < -0.39 is 17.8 Å². The maximum atomic E-state index is 13.3. The number of ether oxygens (including phenoxy) is 2. The molecule has 6 rings (SSSR count). The summed E-state index contributed by atoms with van der Waals surface area (Å²) in [7, 11) is 1.52. The summed E-state index contributed by atoms with van der Waals surface area (Å²) in [6, 6.07) is 18.4. The number of carbonyl (C=O) groups excluding carboxylic acids is 2. The fourth-order valence-electron chi connectivity index (χ4n) is 6.45. The van der Waals surface area contributed by atoms with Gasteiger partial charge in [-0.2, -0.15) is 0 Å². The average molecular weight is 788 g/mol. The number of rotatable bonds is 12. The zero-order valence-electron chi connectivity index (χ0n) is 31.4. The molecule has 1 aliphatic rings. The Kier molecular flexibility index (Phi) is 12.1. The predicted octanol–water partition coefficient (Wildman–Crippen LogP) is 6.89. The Morgan fingerprint density at radius 1 is 1.04 bits per heavy atom. The van der Waals surface area contributed by atoms with Crippen LogP contribution in [0.5, 0.6) is 5.88 Å². The molecule has 1 aliphatic heterocycles. The van der Waals surface area contributed by atoms with Crippen LogP contribution in [-0.2, 0) is 22.6 Å². The number of aliphatic hydroxyl groups is 1. The number of fused-ring (bicyclic) bond motifs is 1. The molecule has 1 fully saturated rings. The molecule has 0 bridgehead atoms. The second-order valence-corrected chi connectivity index (χ2v) is 15.3. The number of amides is 2. The van der Waals surface area contributed by atoms with Crippen LogP contribution in [0.1, 0.15) is 51.7 Å². The van der Waals surface area contributed by atoms with Gasteiger partial charge in [-0.25, -0.2) is 14.8 Å². The molecule has 2 aromatic carbocycles. The number of benzene rings is 2. The van der Waals surface area contributed by atoms with Crippen molar-refractivity contribution in [3.8, 4) is 39.4 Å². The standard InChI is InChI=1S/C41H44Cl2N6O6/c1-24(50)19-44-20-27-21-45-34-18-25(16-17-49(34)39(27)52)29-8-6-9-30(36(29)42)31-10-7-11-32(37(31)43)33-14-12-26(38(47-33)54-5)22-48(40(53)55-41(2,3)4)23-28-13-15-35(51)46-28/h6-12,14,16-18,21,24,28,44,50H,13,15,19-20,22-23H2,1-5H3,(H,46,51)/t24-,28+/m1/s1. The van der Waals surface area contributed by atoms with Gasteiger partial charge in [0.1, 0.15) is 11.2 Å². The number of carbonyl (C=O) groups is 2. The minimum atomic E-state index is -0.707. The molecule has 12 nitrogen and oxygen atoms in total. The lowest BCUT2D eigenvalue weighted by Crippen LogP contribution is -2.43. The van der Waals surface area contributed by atoms with Crippen LogP contribution < -0.4 is 20.9 Å². The Morgan fingerprint density at radius 2 is 1.73 bits per heavy atom. The first-order chi connectivity index (χ1) is 26.2. The van der Waals surface area contributed by atoms with Gasteiger partial charge < -0.3 is 30.1 Å². The van der Waals surface area contributed by atoms with Crippen LogP contribution in [0.2, 0.25) is 10.0 Å². The van der Waals surface area contributed by atoms with Crippen molar-refractivity contribution in [3.05, 3.63) is 105 Å². The van der Waals surface area contributed by atoms with Crippen molar-refractivity contribution >= 4 is 40.8 Å². The van der Waals surface area contributed by atoms with E-state index in [-0.39, 0.29) is 37.1 Å². The zero-order chi connectivity index (χ0) is 39.4. The number of aliphatic hydroxyl groups excluding tert-OH is 1. The molecule has 14 heteroatoms. The molecular weight excluding hydrogens is 743 g/mol. The first-order valence-corrected chi connectivity index (χ1v) is 18.8. The highest BCUT2D eigenvalue weighted by Crippen LogP contribution is 2.42. The van der Waals surface area contributed by atoms with Crippen molar-refractivity contribution in [1.29, 1.82) is 0 Å². The minimum absolute atomic E-state index is 0.0395. The summed E-state index contributed by atoms with van der Waals surface area (Å²) in [6.45, 7) is 8.16. The third-order valence-corrected chi connectivity index (χ3v) is 9.90. The summed E-state index contributed by atoms with van der Waals surface area (Å²) in [4.78, 5) is 49.2. The van der Waals surface area contributed by atoms with Crippen molar-refractivity contribution in [1.82, 2.24) is 29.9 Å². The summed E-state index contributed by atoms with van der Waals surface area (Å²) in [5, 5.41) is 16.4. The molecule has 0 aliphatic carbocycles. The molecule has 2 atom stereocenters. The highest BCUT2D eigenvalue weighted by atomic mass is 35.5. The predicted molar refractivity (Wildman–Crippen MR) is 213 cm³/mol. The van der Waals surface area contributed by atoms with E-state index in [1.54, 1.807) is 45.0 Å². The summed E-state index contributed by atoms with van der Waals surface area (Å²) in [5.41, 5.74) is 4.79. The number of halogens is 2. The Bertz CT molecular complexity index is 2290. The summed E-state index contributed by atoms with van der Waals surface area (Å²) in [5.74, 6) is 0.275. The number of nitrogens with zero attached hydrogens (tertiary/aromatic N) is 4. The van der Waals surface area contributed by atoms with E-state index in [0.29, 0.717) is 74.5 Å². The van der Waals surface area contributed by atoms with E-state index in [4.69, 9.17) is 37.7 Å². The molecule has 3 N–H and O–H groups in total. The lowest BCUT2D eigenvalue weighted by atomic mass is 9.97. The first-order valence-electron chi connectivity index (χ1n) is 18.0. The molecule has 55 heavy (non-hydrogen) atoms. The molecule has 0 radical (unpaired) electrons. The number of aromatic nitrogens is 3. The quantitative estimate of drug-likeness (QED) is 0.123. The van der Waals surface area contributed by atoms with E-state index in [1.807, 2.05) is 60.7 Å². The molecule has 4 heterocycles. The molecule has 2 amide bonds. The van der Waals surface area contributed by atoms with Crippen molar-refractivity contribution < 1.29 is 24.2 Å². The van der Waals surface area contributed by atoms with Crippen molar-refractivity contribution in [2.45, 2.75) is 71.4 Å². The summed E-state index contributed by atoms with van der Waals surface area (Å²) < 4.78 is 12.9. The van der Waals surface area contributed by atoms with Gasteiger partial charge in [-0.15, -0.1) is 0 Å². The van der Waals surface area contributed by atoms with Crippen LogP contribution in [0.15, 0.2) is 77.9 Å². The Hall–Kier alpha value is -5.01. The Morgan fingerprint density at radius 3 is 2.38 bits per heavy atom. The Labute approximate surface area is 329 Å². The molecule has 3 aromatic heterocycles. The minimum Gasteiger partial charge on any atom is -0.481 e. The van der Waals surface area contributed by atoms with E-state index in [0.717, 1.165) is 11.1 Å². The molecule has 288 valence electrons. The summed E-state index contributed by atoms with van der Waals surface area (Å²) in [6.07, 6.45) is 3.23. The molecule has 5 aromatic rings.